The molecule has 1 aliphatic heterocycles. The zero-order valence-corrected chi connectivity index (χ0v) is 13.4. The second-order valence-electron chi connectivity index (χ2n) is 5.73. The molecule has 3 rings (SSSR count). The van der Waals surface area contributed by atoms with E-state index < -0.39 is 17.6 Å². The second-order valence-corrected chi connectivity index (χ2v) is 5.73. The van der Waals surface area contributed by atoms with E-state index in [1.165, 1.54) is 19.1 Å². The molecule has 0 atom stereocenters. The van der Waals surface area contributed by atoms with Gasteiger partial charge in [-0.2, -0.15) is 13.2 Å². The summed E-state index contributed by atoms with van der Waals surface area (Å²) in [4.78, 5) is 12.1. The lowest BCUT2D eigenvalue weighted by atomic mass is 10.1. The number of rotatable bonds is 3. The van der Waals surface area contributed by atoms with Gasteiger partial charge >= 0.3 is 6.18 Å². The Morgan fingerprint density at radius 3 is 2.52 bits per heavy atom. The van der Waals surface area contributed by atoms with Gasteiger partial charge in [0.25, 0.3) is 0 Å². The average molecular weight is 351 g/mol. The van der Waals surface area contributed by atoms with E-state index in [1.54, 1.807) is 18.2 Å². The van der Waals surface area contributed by atoms with Crippen LogP contribution in [0.15, 0.2) is 36.4 Å². The first kappa shape index (κ1) is 17.1. The van der Waals surface area contributed by atoms with Gasteiger partial charge in [0.15, 0.2) is 11.5 Å². The van der Waals surface area contributed by atoms with Crippen molar-refractivity contribution in [2.24, 2.45) is 0 Å². The molecule has 0 spiro atoms. The standard InChI is InChI=1S/C18H16F3NO3/c1-11-2-4-13(10-14(11)18(19,20)21)22-17(23)9-12-3-5-15-16(8-12)25-7-6-24-15/h2-5,8,10H,6-7,9H2,1H3,(H,22,23). The van der Waals surface area contributed by atoms with Crippen molar-refractivity contribution in [3.63, 3.8) is 0 Å². The maximum Gasteiger partial charge on any atom is 0.416 e. The number of aryl methyl sites for hydroxylation is 1. The van der Waals surface area contributed by atoms with E-state index in [0.717, 1.165) is 6.07 Å². The number of alkyl halides is 3. The fourth-order valence-corrected chi connectivity index (χ4v) is 2.59. The molecule has 0 radical (unpaired) electrons. The number of nitrogens with one attached hydrogen (secondary N) is 1. The maximum atomic E-state index is 12.9. The lowest BCUT2D eigenvalue weighted by Gasteiger charge is -2.18. The molecule has 1 aliphatic rings. The van der Waals surface area contributed by atoms with Crippen LogP contribution in [-0.4, -0.2) is 19.1 Å². The highest BCUT2D eigenvalue weighted by Gasteiger charge is 2.32. The molecular formula is C18H16F3NO3. The number of hydrogen-bond donors (Lipinski definition) is 1. The number of ether oxygens (including phenoxy) is 2. The second kappa shape index (κ2) is 6.66. The number of fused-ring (bicyclic) bond motifs is 1. The Bertz CT molecular complexity index is 803. The Morgan fingerprint density at radius 1 is 1.08 bits per heavy atom. The number of hydrogen-bond acceptors (Lipinski definition) is 3. The van der Waals surface area contributed by atoms with Gasteiger partial charge in [-0.1, -0.05) is 12.1 Å². The van der Waals surface area contributed by atoms with E-state index in [2.05, 4.69) is 5.32 Å². The first-order valence-corrected chi connectivity index (χ1v) is 7.69. The van der Waals surface area contributed by atoms with E-state index >= 15 is 0 Å². The van der Waals surface area contributed by atoms with Crippen LogP contribution in [-0.2, 0) is 17.4 Å². The van der Waals surface area contributed by atoms with Crippen LogP contribution in [0.25, 0.3) is 0 Å². The zero-order chi connectivity index (χ0) is 18.0. The summed E-state index contributed by atoms with van der Waals surface area (Å²) in [5.74, 6) is 0.767. The van der Waals surface area contributed by atoms with E-state index in [0.29, 0.717) is 30.3 Å². The molecule has 0 saturated heterocycles. The van der Waals surface area contributed by atoms with Crippen molar-refractivity contribution in [1.82, 2.24) is 0 Å². The van der Waals surface area contributed by atoms with E-state index in [-0.39, 0.29) is 17.7 Å². The lowest BCUT2D eigenvalue weighted by Crippen LogP contribution is -2.17. The Morgan fingerprint density at radius 2 is 1.80 bits per heavy atom. The Labute approximate surface area is 142 Å². The first-order valence-electron chi connectivity index (χ1n) is 7.69. The monoisotopic (exact) mass is 351 g/mol. The fraction of sp³-hybridized carbons (Fsp3) is 0.278. The summed E-state index contributed by atoms with van der Waals surface area (Å²) in [7, 11) is 0. The van der Waals surface area contributed by atoms with E-state index in [9.17, 15) is 18.0 Å². The van der Waals surface area contributed by atoms with Gasteiger partial charge in [0.1, 0.15) is 13.2 Å². The molecule has 0 aromatic heterocycles. The minimum absolute atomic E-state index is 0.0197. The normalized spacial score (nSPS) is 13.4. The molecule has 7 heteroatoms. The molecule has 0 bridgehead atoms. The van der Waals surface area contributed by atoms with Crippen molar-refractivity contribution in [1.29, 1.82) is 0 Å². The average Bonchev–Trinajstić information content (AvgIpc) is 2.55. The lowest BCUT2D eigenvalue weighted by molar-refractivity contribution is -0.138. The summed E-state index contributed by atoms with van der Waals surface area (Å²) in [5, 5.41) is 2.50. The molecule has 1 heterocycles. The summed E-state index contributed by atoms with van der Waals surface area (Å²) in [6, 6.07) is 8.87. The highest BCUT2D eigenvalue weighted by Crippen LogP contribution is 2.34. The summed E-state index contributed by atoms with van der Waals surface area (Å²) >= 11 is 0. The molecule has 2 aromatic rings. The van der Waals surface area contributed by atoms with Gasteiger partial charge in [-0.05, 0) is 42.3 Å². The summed E-state index contributed by atoms with van der Waals surface area (Å²) in [6.07, 6.45) is -4.44. The highest BCUT2D eigenvalue weighted by molar-refractivity contribution is 5.92. The summed E-state index contributed by atoms with van der Waals surface area (Å²) in [5.41, 5.74) is 0.146. The maximum absolute atomic E-state index is 12.9. The predicted molar refractivity (Wildman–Crippen MR) is 85.9 cm³/mol. The van der Waals surface area contributed by atoms with Crippen LogP contribution in [0.4, 0.5) is 18.9 Å². The molecule has 1 N–H and O–H groups in total. The molecule has 2 aromatic carbocycles. The van der Waals surface area contributed by atoms with Crippen LogP contribution in [0.1, 0.15) is 16.7 Å². The SMILES string of the molecule is Cc1ccc(NC(=O)Cc2ccc3c(c2)OCCO3)cc1C(F)(F)F. The first-order chi connectivity index (χ1) is 11.8. The number of amides is 1. The Kier molecular flexibility index (Phi) is 4.57. The quantitative estimate of drug-likeness (QED) is 0.910. The van der Waals surface area contributed by atoms with Gasteiger partial charge in [0.05, 0.1) is 12.0 Å². The van der Waals surface area contributed by atoms with Crippen molar-refractivity contribution in [2.45, 2.75) is 19.5 Å². The number of halogens is 3. The van der Waals surface area contributed by atoms with E-state index in [1.807, 2.05) is 0 Å². The van der Waals surface area contributed by atoms with Gasteiger partial charge in [-0.3, -0.25) is 4.79 Å². The van der Waals surface area contributed by atoms with Crippen molar-refractivity contribution >= 4 is 11.6 Å². The van der Waals surface area contributed by atoms with Crippen LogP contribution >= 0.6 is 0 Å². The fourth-order valence-electron chi connectivity index (χ4n) is 2.59. The van der Waals surface area contributed by atoms with Crippen molar-refractivity contribution in [3.05, 3.63) is 53.1 Å². The number of benzene rings is 2. The Hall–Kier alpha value is -2.70. The van der Waals surface area contributed by atoms with Crippen LogP contribution in [0.5, 0.6) is 11.5 Å². The molecule has 1 amide bonds. The minimum Gasteiger partial charge on any atom is -0.486 e. The third kappa shape index (κ3) is 4.04. The van der Waals surface area contributed by atoms with Crippen LogP contribution < -0.4 is 14.8 Å². The molecule has 132 valence electrons. The van der Waals surface area contributed by atoms with Gasteiger partial charge in [0, 0.05) is 5.69 Å². The molecule has 0 aliphatic carbocycles. The molecule has 0 unspecified atom stereocenters. The molecule has 4 nitrogen and oxygen atoms in total. The van der Waals surface area contributed by atoms with Crippen LogP contribution in [0, 0.1) is 6.92 Å². The van der Waals surface area contributed by atoms with Gasteiger partial charge in [-0.25, -0.2) is 0 Å². The third-order valence-electron chi connectivity index (χ3n) is 3.80. The van der Waals surface area contributed by atoms with Crippen LogP contribution in [0.3, 0.4) is 0 Å². The number of carbonyl (C=O) groups excluding carboxylic acids is 1. The van der Waals surface area contributed by atoms with Gasteiger partial charge in [-0.15, -0.1) is 0 Å². The highest BCUT2D eigenvalue weighted by atomic mass is 19.4. The van der Waals surface area contributed by atoms with Crippen LogP contribution in [0.2, 0.25) is 0 Å². The van der Waals surface area contributed by atoms with Crippen molar-refractivity contribution in [2.75, 3.05) is 18.5 Å². The molecule has 25 heavy (non-hydrogen) atoms. The molecule has 0 saturated carbocycles. The number of carbonyl (C=O) groups is 1. The zero-order valence-electron chi connectivity index (χ0n) is 13.4. The van der Waals surface area contributed by atoms with E-state index in [4.69, 9.17) is 9.47 Å². The Balaban J connectivity index is 1.71. The molecular weight excluding hydrogens is 335 g/mol. The van der Waals surface area contributed by atoms with Gasteiger partial charge in [0.2, 0.25) is 5.91 Å². The minimum atomic E-state index is -4.46. The summed E-state index contributed by atoms with van der Waals surface area (Å²) in [6.45, 7) is 2.29. The van der Waals surface area contributed by atoms with Crippen molar-refractivity contribution < 1.29 is 27.4 Å². The number of anilines is 1. The predicted octanol–water partition coefficient (Wildman–Crippen LogP) is 3.97. The topological polar surface area (TPSA) is 47.6 Å². The smallest absolute Gasteiger partial charge is 0.416 e. The summed E-state index contributed by atoms with van der Waals surface area (Å²) < 4.78 is 49.7. The largest absolute Gasteiger partial charge is 0.486 e. The molecule has 0 fully saturated rings. The third-order valence-corrected chi connectivity index (χ3v) is 3.80. The van der Waals surface area contributed by atoms with Gasteiger partial charge < -0.3 is 14.8 Å². The van der Waals surface area contributed by atoms with Crippen molar-refractivity contribution in [3.8, 4) is 11.5 Å².